The minimum atomic E-state index is -3.59. The molecular formula is C19H19N3O4S3. The van der Waals surface area contributed by atoms with Crippen molar-refractivity contribution in [1.29, 1.82) is 0 Å². The van der Waals surface area contributed by atoms with E-state index in [1.54, 1.807) is 34.6 Å². The third-order valence-corrected chi connectivity index (χ3v) is 8.61. The molecular weight excluding hydrogens is 430 g/mol. The highest BCUT2D eigenvalue weighted by atomic mass is 32.2. The van der Waals surface area contributed by atoms with Crippen molar-refractivity contribution in [2.24, 2.45) is 0 Å². The molecule has 4 rings (SSSR count). The normalized spacial score (nSPS) is 15.4. The zero-order valence-electron chi connectivity index (χ0n) is 15.6. The second-order valence-corrected chi connectivity index (χ2v) is 10.3. The minimum Gasteiger partial charge on any atom is -0.497 e. The number of carbonyl (C=O) groups excluding carboxylic acids is 1. The predicted molar refractivity (Wildman–Crippen MR) is 113 cm³/mol. The summed E-state index contributed by atoms with van der Waals surface area (Å²) in [7, 11) is -2.06. The first-order valence-corrected chi connectivity index (χ1v) is 12.1. The number of aromatic nitrogens is 1. The number of carbonyl (C=O) groups is 1. The van der Waals surface area contributed by atoms with Crippen LogP contribution >= 0.6 is 22.7 Å². The van der Waals surface area contributed by atoms with Gasteiger partial charge >= 0.3 is 0 Å². The smallest absolute Gasteiger partial charge is 0.265 e. The molecule has 0 N–H and O–H groups in total. The summed E-state index contributed by atoms with van der Waals surface area (Å²) in [5.74, 6) is 0.498. The van der Waals surface area contributed by atoms with E-state index in [0.717, 1.165) is 9.88 Å². The average Bonchev–Trinajstić information content (AvgIpc) is 3.45. The second-order valence-electron chi connectivity index (χ2n) is 6.38. The summed E-state index contributed by atoms with van der Waals surface area (Å²) in [6, 6.07) is 10.2. The number of nitrogens with zero attached hydrogens (tertiary/aromatic N) is 3. The summed E-state index contributed by atoms with van der Waals surface area (Å²) >= 11 is 2.95. The summed E-state index contributed by atoms with van der Waals surface area (Å²) in [6.45, 7) is 1.22. The summed E-state index contributed by atoms with van der Waals surface area (Å²) < 4.78 is 32.2. The van der Waals surface area contributed by atoms with Crippen LogP contribution in [-0.2, 0) is 10.0 Å². The van der Waals surface area contributed by atoms with Gasteiger partial charge in [-0.1, -0.05) is 6.07 Å². The highest BCUT2D eigenvalue weighted by Crippen LogP contribution is 2.30. The number of ether oxygens (including phenoxy) is 1. The molecule has 1 fully saturated rings. The lowest BCUT2D eigenvalue weighted by Crippen LogP contribution is -2.50. The molecule has 1 aromatic carbocycles. The fourth-order valence-electron chi connectivity index (χ4n) is 3.07. The largest absolute Gasteiger partial charge is 0.497 e. The summed E-state index contributed by atoms with van der Waals surface area (Å²) in [4.78, 5) is 20.7. The van der Waals surface area contributed by atoms with E-state index >= 15 is 0 Å². The number of hydrogen-bond donors (Lipinski definition) is 0. The first kappa shape index (κ1) is 20.0. The SMILES string of the molecule is COc1ccc(S(=O)(=O)N2CCN(C(=O)c3cnc(-c4cccs4)s3)CC2)cc1. The topological polar surface area (TPSA) is 79.8 Å². The summed E-state index contributed by atoms with van der Waals surface area (Å²) in [5.41, 5.74) is 0. The van der Waals surface area contributed by atoms with E-state index in [-0.39, 0.29) is 23.9 Å². The molecule has 1 aliphatic rings. The quantitative estimate of drug-likeness (QED) is 0.598. The third-order valence-electron chi connectivity index (χ3n) is 4.67. The fourth-order valence-corrected chi connectivity index (χ4v) is 6.18. The lowest BCUT2D eigenvalue weighted by Gasteiger charge is -2.33. The van der Waals surface area contributed by atoms with Crippen molar-refractivity contribution in [2.75, 3.05) is 33.3 Å². The van der Waals surface area contributed by atoms with Crippen LogP contribution in [0.1, 0.15) is 9.67 Å². The Balaban J connectivity index is 1.41. The summed E-state index contributed by atoms with van der Waals surface area (Å²) in [5, 5.41) is 2.80. The van der Waals surface area contributed by atoms with Crippen LogP contribution in [0.25, 0.3) is 9.88 Å². The molecule has 152 valence electrons. The first-order chi connectivity index (χ1) is 14.0. The minimum absolute atomic E-state index is 0.105. The number of rotatable bonds is 5. The Kier molecular flexibility index (Phi) is 5.68. The third kappa shape index (κ3) is 4.06. The molecule has 29 heavy (non-hydrogen) atoms. The number of amides is 1. The van der Waals surface area contributed by atoms with E-state index in [4.69, 9.17) is 4.74 Å². The molecule has 3 aromatic rings. The fraction of sp³-hybridized carbons (Fsp3) is 0.263. The first-order valence-electron chi connectivity index (χ1n) is 8.92. The van der Waals surface area contributed by atoms with Crippen LogP contribution in [0.15, 0.2) is 52.9 Å². The van der Waals surface area contributed by atoms with Crippen LogP contribution < -0.4 is 4.74 Å². The van der Waals surface area contributed by atoms with Crippen molar-refractivity contribution in [3.8, 4) is 15.6 Å². The molecule has 0 spiro atoms. The maximum Gasteiger partial charge on any atom is 0.265 e. The summed E-state index contributed by atoms with van der Waals surface area (Å²) in [6.07, 6.45) is 1.60. The van der Waals surface area contributed by atoms with Gasteiger partial charge in [-0.25, -0.2) is 13.4 Å². The maximum atomic E-state index is 12.8. The van der Waals surface area contributed by atoms with E-state index in [9.17, 15) is 13.2 Å². The van der Waals surface area contributed by atoms with Gasteiger partial charge in [-0.2, -0.15) is 4.31 Å². The number of benzene rings is 1. The molecule has 0 bridgehead atoms. The molecule has 0 radical (unpaired) electrons. The predicted octanol–water partition coefficient (Wildman–Crippen LogP) is 3.03. The Morgan fingerprint density at radius 1 is 1.10 bits per heavy atom. The van der Waals surface area contributed by atoms with Crippen LogP contribution in [0.5, 0.6) is 5.75 Å². The maximum absolute atomic E-state index is 12.8. The van der Waals surface area contributed by atoms with E-state index in [1.807, 2.05) is 17.5 Å². The van der Waals surface area contributed by atoms with Gasteiger partial charge in [-0.15, -0.1) is 22.7 Å². The van der Waals surface area contributed by atoms with E-state index in [1.165, 1.54) is 34.9 Å². The van der Waals surface area contributed by atoms with Crippen molar-refractivity contribution >= 4 is 38.6 Å². The number of sulfonamides is 1. The van der Waals surface area contributed by atoms with Crippen LogP contribution in [0.3, 0.4) is 0 Å². The Morgan fingerprint density at radius 3 is 2.45 bits per heavy atom. The number of thiazole rings is 1. The van der Waals surface area contributed by atoms with Gasteiger partial charge in [0.15, 0.2) is 0 Å². The van der Waals surface area contributed by atoms with Crippen molar-refractivity contribution in [3.05, 3.63) is 52.9 Å². The van der Waals surface area contributed by atoms with Gasteiger partial charge in [-0.3, -0.25) is 4.79 Å². The van der Waals surface area contributed by atoms with Crippen molar-refractivity contribution in [1.82, 2.24) is 14.2 Å². The lowest BCUT2D eigenvalue weighted by atomic mass is 10.3. The average molecular weight is 450 g/mol. The molecule has 3 heterocycles. The molecule has 7 nitrogen and oxygen atoms in total. The highest BCUT2D eigenvalue weighted by Gasteiger charge is 2.31. The van der Waals surface area contributed by atoms with Crippen molar-refractivity contribution < 1.29 is 17.9 Å². The van der Waals surface area contributed by atoms with Gasteiger partial charge in [0.05, 0.1) is 23.1 Å². The van der Waals surface area contributed by atoms with Crippen LogP contribution in [0.2, 0.25) is 0 Å². The van der Waals surface area contributed by atoms with Crippen molar-refractivity contribution in [3.63, 3.8) is 0 Å². The molecule has 0 aliphatic carbocycles. The van der Waals surface area contributed by atoms with Gasteiger partial charge in [0, 0.05) is 26.2 Å². The zero-order valence-corrected chi connectivity index (χ0v) is 18.1. The standard InChI is InChI=1S/C19H19N3O4S3/c1-26-14-4-6-15(7-5-14)29(24,25)22-10-8-21(9-11-22)19(23)17-13-20-18(28-17)16-3-2-12-27-16/h2-7,12-13H,8-11H2,1H3. The van der Waals surface area contributed by atoms with E-state index in [0.29, 0.717) is 23.7 Å². The molecule has 0 atom stereocenters. The number of piperazine rings is 1. The van der Waals surface area contributed by atoms with E-state index < -0.39 is 10.0 Å². The Morgan fingerprint density at radius 2 is 1.83 bits per heavy atom. The molecule has 0 unspecified atom stereocenters. The Bertz CT molecular complexity index is 1080. The molecule has 10 heteroatoms. The van der Waals surface area contributed by atoms with Gasteiger partial charge in [0.25, 0.3) is 5.91 Å². The van der Waals surface area contributed by atoms with Gasteiger partial charge < -0.3 is 9.64 Å². The second kappa shape index (κ2) is 8.23. The van der Waals surface area contributed by atoms with Gasteiger partial charge in [0.1, 0.15) is 15.6 Å². The molecule has 1 aliphatic heterocycles. The van der Waals surface area contributed by atoms with E-state index in [2.05, 4.69) is 4.98 Å². The Hall–Kier alpha value is -2.27. The molecule has 0 saturated carbocycles. The number of methoxy groups -OCH3 is 1. The number of thiophene rings is 1. The molecule has 1 saturated heterocycles. The monoisotopic (exact) mass is 449 g/mol. The number of hydrogen-bond acceptors (Lipinski definition) is 7. The van der Waals surface area contributed by atoms with Crippen LogP contribution in [-0.4, -0.2) is 61.8 Å². The van der Waals surface area contributed by atoms with Crippen molar-refractivity contribution in [2.45, 2.75) is 4.90 Å². The van der Waals surface area contributed by atoms with Gasteiger partial charge in [-0.05, 0) is 35.7 Å². The van der Waals surface area contributed by atoms with Crippen LogP contribution in [0.4, 0.5) is 0 Å². The zero-order chi connectivity index (χ0) is 20.4. The molecule has 2 aromatic heterocycles. The van der Waals surface area contributed by atoms with Crippen LogP contribution in [0, 0.1) is 0 Å². The Labute approximate surface area is 177 Å². The lowest BCUT2D eigenvalue weighted by molar-refractivity contribution is 0.0702. The highest BCUT2D eigenvalue weighted by molar-refractivity contribution is 7.89. The molecule has 1 amide bonds. The van der Waals surface area contributed by atoms with Gasteiger partial charge in [0.2, 0.25) is 10.0 Å².